The molecule has 1 heterocycles. The second-order valence-corrected chi connectivity index (χ2v) is 5.57. The van der Waals surface area contributed by atoms with Crippen LogP contribution in [0.25, 0.3) is 0 Å². The van der Waals surface area contributed by atoms with E-state index >= 15 is 0 Å². The molecule has 0 aliphatic heterocycles. The number of rotatable bonds is 6. The highest BCUT2D eigenvalue weighted by Gasteiger charge is 2.27. The lowest BCUT2D eigenvalue weighted by molar-refractivity contribution is -0.133. The molecule has 4 heteroatoms. The molecule has 0 unspecified atom stereocenters. The van der Waals surface area contributed by atoms with Gasteiger partial charge in [0.15, 0.2) is 0 Å². The Morgan fingerprint density at radius 2 is 2.21 bits per heavy atom. The normalized spacial score (nSPS) is 16.2. The van der Waals surface area contributed by atoms with Crippen LogP contribution in [-0.4, -0.2) is 29.4 Å². The molecule has 0 spiro atoms. The van der Waals surface area contributed by atoms with E-state index in [2.05, 4.69) is 19.2 Å². The topological polar surface area (TPSA) is 45.5 Å². The standard InChI is InChI=1S/C15H24N2O2/c1-12(2)16-10-15(18)17(13-6-3-4-7-13)11-14-8-5-9-19-14/h5,8-9,12-13,16H,3-4,6-7,10-11H2,1-2H3. The number of amides is 1. The highest BCUT2D eigenvalue weighted by Crippen LogP contribution is 2.25. The summed E-state index contributed by atoms with van der Waals surface area (Å²) in [6.45, 7) is 5.12. The Kier molecular flexibility index (Phi) is 5.02. The smallest absolute Gasteiger partial charge is 0.237 e. The molecule has 4 nitrogen and oxygen atoms in total. The fourth-order valence-electron chi connectivity index (χ4n) is 2.60. The van der Waals surface area contributed by atoms with E-state index in [9.17, 15) is 4.79 Å². The van der Waals surface area contributed by atoms with Crippen molar-refractivity contribution in [3.63, 3.8) is 0 Å². The van der Waals surface area contributed by atoms with Crippen molar-refractivity contribution in [2.45, 2.75) is 58.2 Å². The van der Waals surface area contributed by atoms with E-state index in [1.165, 1.54) is 12.8 Å². The van der Waals surface area contributed by atoms with Crippen molar-refractivity contribution in [1.29, 1.82) is 0 Å². The number of nitrogens with zero attached hydrogens (tertiary/aromatic N) is 1. The van der Waals surface area contributed by atoms with Crippen LogP contribution in [-0.2, 0) is 11.3 Å². The quantitative estimate of drug-likeness (QED) is 0.859. The first kappa shape index (κ1) is 14.1. The molecule has 1 aliphatic rings. The van der Waals surface area contributed by atoms with Gasteiger partial charge >= 0.3 is 0 Å². The predicted molar refractivity (Wildman–Crippen MR) is 74.7 cm³/mol. The number of carbonyl (C=O) groups excluding carboxylic acids is 1. The van der Waals surface area contributed by atoms with Crippen molar-refractivity contribution in [3.05, 3.63) is 24.2 Å². The maximum Gasteiger partial charge on any atom is 0.237 e. The summed E-state index contributed by atoms with van der Waals surface area (Å²) in [5, 5.41) is 3.21. The van der Waals surface area contributed by atoms with Crippen LogP contribution in [0.4, 0.5) is 0 Å². The zero-order chi connectivity index (χ0) is 13.7. The lowest BCUT2D eigenvalue weighted by Gasteiger charge is -2.28. The van der Waals surface area contributed by atoms with Crippen molar-refractivity contribution < 1.29 is 9.21 Å². The molecular weight excluding hydrogens is 240 g/mol. The largest absolute Gasteiger partial charge is 0.467 e. The SMILES string of the molecule is CC(C)NCC(=O)N(Cc1ccco1)C1CCCC1. The molecule has 1 N–H and O–H groups in total. The van der Waals surface area contributed by atoms with Crippen molar-refractivity contribution in [2.75, 3.05) is 6.54 Å². The number of furan rings is 1. The van der Waals surface area contributed by atoms with E-state index in [1.807, 2.05) is 17.0 Å². The third-order valence-electron chi connectivity index (χ3n) is 3.65. The molecular formula is C15H24N2O2. The highest BCUT2D eigenvalue weighted by molar-refractivity contribution is 5.78. The van der Waals surface area contributed by atoms with Gasteiger partial charge in [-0.25, -0.2) is 0 Å². The zero-order valence-corrected chi connectivity index (χ0v) is 11.9. The number of carbonyl (C=O) groups is 1. The van der Waals surface area contributed by atoms with Gasteiger partial charge in [0.2, 0.25) is 5.91 Å². The first-order valence-corrected chi connectivity index (χ1v) is 7.22. The molecule has 0 bridgehead atoms. The van der Waals surface area contributed by atoms with Gasteiger partial charge < -0.3 is 14.6 Å². The highest BCUT2D eigenvalue weighted by atomic mass is 16.3. The molecule has 0 saturated heterocycles. The van der Waals surface area contributed by atoms with Gasteiger partial charge in [0.25, 0.3) is 0 Å². The molecule has 1 aromatic heterocycles. The van der Waals surface area contributed by atoms with E-state index in [0.29, 0.717) is 25.2 Å². The second kappa shape index (κ2) is 6.75. The van der Waals surface area contributed by atoms with E-state index in [1.54, 1.807) is 6.26 Å². The molecule has 1 saturated carbocycles. The van der Waals surface area contributed by atoms with Gasteiger partial charge in [-0.2, -0.15) is 0 Å². The summed E-state index contributed by atoms with van der Waals surface area (Å²) in [5.41, 5.74) is 0. The summed E-state index contributed by atoms with van der Waals surface area (Å²) >= 11 is 0. The van der Waals surface area contributed by atoms with Gasteiger partial charge in [-0.15, -0.1) is 0 Å². The molecule has 0 radical (unpaired) electrons. The van der Waals surface area contributed by atoms with Gasteiger partial charge in [0, 0.05) is 12.1 Å². The van der Waals surface area contributed by atoms with Gasteiger partial charge in [-0.05, 0) is 25.0 Å². The predicted octanol–water partition coefficient (Wildman–Crippen LogP) is 2.55. The second-order valence-electron chi connectivity index (χ2n) is 5.57. The maximum absolute atomic E-state index is 12.4. The van der Waals surface area contributed by atoms with Crippen LogP contribution in [0, 0.1) is 0 Å². The third kappa shape index (κ3) is 4.10. The zero-order valence-electron chi connectivity index (χ0n) is 11.9. The van der Waals surface area contributed by atoms with Crippen LogP contribution in [0.1, 0.15) is 45.3 Å². The summed E-state index contributed by atoms with van der Waals surface area (Å²) < 4.78 is 5.39. The van der Waals surface area contributed by atoms with Crippen molar-refractivity contribution in [3.8, 4) is 0 Å². The van der Waals surface area contributed by atoms with Gasteiger partial charge in [0.05, 0.1) is 19.4 Å². The van der Waals surface area contributed by atoms with Crippen LogP contribution < -0.4 is 5.32 Å². The molecule has 1 amide bonds. The van der Waals surface area contributed by atoms with Crippen molar-refractivity contribution in [1.82, 2.24) is 10.2 Å². The van der Waals surface area contributed by atoms with Crippen LogP contribution in [0.3, 0.4) is 0 Å². The Hall–Kier alpha value is -1.29. The molecule has 0 atom stereocenters. The molecule has 1 fully saturated rings. The van der Waals surface area contributed by atoms with Crippen LogP contribution in [0.5, 0.6) is 0 Å². The van der Waals surface area contributed by atoms with Crippen molar-refractivity contribution in [2.24, 2.45) is 0 Å². The van der Waals surface area contributed by atoms with Crippen LogP contribution in [0.15, 0.2) is 22.8 Å². The number of hydrogen-bond donors (Lipinski definition) is 1. The summed E-state index contributed by atoms with van der Waals surface area (Å²) in [6.07, 6.45) is 6.36. The number of hydrogen-bond acceptors (Lipinski definition) is 3. The van der Waals surface area contributed by atoms with Gasteiger partial charge in [-0.1, -0.05) is 26.7 Å². The molecule has 106 valence electrons. The summed E-state index contributed by atoms with van der Waals surface area (Å²) in [5.74, 6) is 1.04. The van der Waals surface area contributed by atoms with Gasteiger partial charge in [0.1, 0.15) is 5.76 Å². The minimum Gasteiger partial charge on any atom is -0.467 e. The Bertz CT molecular complexity index is 381. The van der Waals surface area contributed by atoms with Crippen LogP contribution >= 0.6 is 0 Å². The third-order valence-corrected chi connectivity index (χ3v) is 3.65. The molecule has 0 aromatic carbocycles. The molecule has 1 aliphatic carbocycles. The van der Waals surface area contributed by atoms with E-state index in [4.69, 9.17) is 4.42 Å². The van der Waals surface area contributed by atoms with E-state index in [0.717, 1.165) is 18.6 Å². The Labute approximate surface area is 115 Å². The molecule has 1 aromatic rings. The first-order chi connectivity index (χ1) is 9.16. The van der Waals surface area contributed by atoms with E-state index in [-0.39, 0.29) is 5.91 Å². The monoisotopic (exact) mass is 264 g/mol. The fourth-order valence-corrected chi connectivity index (χ4v) is 2.60. The van der Waals surface area contributed by atoms with Crippen molar-refractivity contribution >= 4 is 5.91 Å². The lowest BCUT2D eigenvalue weighted by atomic mass is 10.2. The lowest BCUT2D eigenvalue weighted by Crippen LogP contribution is -2.44. The number of nitrogens with one attached hydrogen (secondary N) is 1. The van der Waals surface area contributed by atoms with Crippen LogP contribution in [0.2, 0.25) is 0 Å². The van der Waals surface area contributed by atoms with E-state index < -0.39 is 0 Å². The summed E-state index contributed by atoms with van der Waals surface area (Å²) in [7, 11) is 0. The molecule has 19 heavy (non-hydrogen) atoms. The first-order valence-electron chi connectivity index (χ1n) is 7.22. The average molecular weight is 264 g/mol. The summed E-state index contributed by atoms with van der Waals surface area (Å²) in [6, 6.07) is 4.52. The summed E-state index contributed by atoms with van der Waals surface area (Å²) in [4.78, 5) is 14.4. The Morgan fingerprint density at radius 3 is 2.79 bits per heavy atom. The average Bonchev–Trinajstić information content (AvgIpc) is 3.05. The van der Waals surface area contributed by atoms with Gasteiger partial charge in [-0.3, -0.25) is 4.79 Å². The Morgan fingerprint density at radius 1 is 1.47 bits per heavy atom. The Balaban J connectivity index is 1.98. The minimum atomic E-state index is 0.178. The maximum atomic E-state index is 12.4. The fraction of sp³-hybridized carbons (Fsp3) is 0.667. The minimum absolute atomic E-state index is 0.178. The molecule has 2 rings (SSSR count).